The Labute approximate surface area is 85.7 Å². The predicted octanol–water partition coefficient (Wildman–Crippen LogP) is 2.70. The van der Waals surface area contributed by atoms with Gasteiger partial charge < -0.3 is 9.73 Å². The number of hydrogen-bond acceptors (Lipinski definition) is 2. The van der Waals surface area contributed by atoms with Crippen molar-refractivity contribution >= 4 is 0 Å². The normalized spacial score (nSPS) is 16.2. The van der Waals surface area contributed by atoms with E-state index in [2.05, 4.69) is 12.2 Å². The molecule has 0 radical (unpaired) electrons. The minimum atomic E-state index is 0.948. The van der Waals surface area contributed by atoms with Crippen LogP contribution in [-0.4, -0.2) is 6.54 Å². The molecule has 1 fully saturated rings. The van der Waals surface area contributed by atoms with E-state index in [0.29, 0.717) is 0 Å². The summed E-state index contributed by atoms with van der Waals surface area (Å²) in [5, 5.41) is 3.50. The van der Waals surface area contributed by atoms with E-state index in [1.165, 1.54) is 30.5 Å². The Balaban J connectivity index is 1.93. The van der Waals surface area contributed by atoms with Crippen molar-refractivity contribution < 1.29 is 4.42 Å². The third kappa shape index (κ3) is 2.01. The molecule has 2 nitrogen and oxygen atoms in total. The highest BCUT2D eigenvalue weighted by Crippen LogP contribution is 2.28. The largest absolute Gasteiger partial charge is 0.466 e. The fourth-order valence-electron chi connectivity index (χ4n) is 1.82. The first-order valence-corrected chi connectivity index (χ1v) is 5.44. The zero-order chi connectivity index (χ0) is 10.1. The van der Waals surface area contributed by atoms with E-state index in [4.69, 9.17) is 4.42 Å². The molecule has 0 aliphatic heterocycles. The van der Waals surface area contributed by atoms with Gasteiger partial charge in [0, 0.05) is 12.1 Å². The zero-order valence-electron chi connectivity index (χ0n) is 9.31. The Hall–Kier alpha value is -0.760. The molecule has 1 saturated carbocycles. The third-order valence-corrected chi connectivity index (χ3v) is 3.14. The summed E-state index contributed by atoms with van der Waals surface area (Å²) in [6, 6.07) is 0. The Kier molecular flexibility index (Phi) is 2.64. The van der Waals surface area contributed by atoms with Gasteiger partial charge in [-0.05, 0) is 51.6 Å². The summed E-state index contributed by atoms with van der Waals surface area (Å²) < 4.78 is 5.58. The lowest BCUT2D eigenvalue weighted by Gasteiger charge is -2.03. The molecule has 1 heterocycles. The van der Waals surface area contributed by atoms with Gasteiger partial charge in [0.2, 0.25) is 0 Å². The van der Waals surface area contributed by atoms with Gasteiger partial charge in [-0.1, -0.05) is 0 Å². The summed E-state index contributed by atoms with van der Waals surface area (Å²) >= 11 is 0. The van der Waals surface area contributed by atoms with Crippen LogP contribution < -0.4 is 5.32 Å². The van der Waals surface area contributed by atoms with E-state index in [1.54, 1.807) is 0 Å². The molecule has 14 heavy (non-hydrogen) atoms. The summed E-state index contributed by atoms with van der Waals surface area (Å²) in [5.74, 6) is 3.08. The Morgan fingerprint density at radius 1 is 1.21 bits per heavy atom. The molecule has 0 amide bonds. The maximum Gasteiger partial charge on any atom is 0.105 e. The maximum atomic E-state index is 5.58. The summed E-state index contributed by atoms with van der Waals surface area (Å²) in [5.41, 5.74) is 2.66. The number of nitrogens with one attached hydrogen (secondary N) is 1. The van der Waals surface area contributed by atoms with Crippen molar-refractivity contribution in [1.82, 2.24) is 5.32 Å². The molecule has 1 aromatic heterocycles. The molecule has 78 valence electrons. The van der Waals surface area contributed by atoms with E-state index in [9.17, 15) is 0 Å². The molecule has 0 atom stereocenters. The molecule has 2 rings (SSSR count). The lowest BCUT2D eigenvalue weighted by Crippen LogP contribution is -2.16. The monoisotopic (exact) mass is 193 g/mol. The van der Waals surface area contributed by atoms with Gasteiger partial charge in [0.25, 0.3) is 0 Å². The Morgan fingerprint density at radius 2 is 1.93 bits per heavy atom. The van der Waals surface area contributed by atoms with Crippen LogP contribution in [0.15, 0.2) is 4.42 Å². The molecule has 0 aromatic carbocycles. The first kappa shape index (κ1) is 9.78. The molecule has 0 unspecified atom stereocenters. The molecular weight excluding hydrogens is 174 g/mol. The lowest BCUT2D eigenvalue weighted by molar-refractivity contribution is 0.497. The van der Waals surface area contributed by atoms with E-state index in [0.717, 1.165) is 24.0 Å². The van der Waals surface area contributed by atoms with Gasteiger partial charge in [0.05, 0.1) is 0 Å². The predicted molar refractivity (Wildman–Crippen MR) is 57.3 cm³/mol. The molecule has 0 bridgehead atoms. The van der Waals surface area contributed by atoms with E-state index < -0.39 is 0 Å². The van der Waals surface area contributed by atoms with Gasteiger partial charge in [0.15, 0.2) is 0 Å². The van der Waals surface area contributed by atoms with Crippen molar-refractivity contribution in [3.63, 3.8) is 0 Å². The van der Waals surface area contributed by atoms with Crippen LogP contribution in [0.2, 0.25) is 0 Å². The standard InChI is InChI=1S/C12H19NO/c1-8-9(2)14-10(3)12(8)7-13-6-11-4-5-11/h11,13H,4-7H2,1-3H3. The number of hydrogen-bond donors (Lipinski definition) is 1. The molecule has 2 heteroatoms. The topological polar surface area (TPSA) is 25.2 Å². The summed E-state index contributed by atoms with van der Waals surface area (Å²) in [7, 11) is 0. The first-order chi connectivity index (χ1) is 6.68. The number of furan rings is 1. The molecule has 1 N–H and O–H groups in total. The minimum Gasteiger partial charge on any atom is -0.466 e. The second-order valence-electron chi connectivity index (χ2n) is 4.39. The quantitative estimate of drug-likeness (QED) is 0.795. The highest BCUT2D eigenvalue weighted by Gasteiger charge is 2.20. The molecule has 1 aliphatic carbocycles. The van der Waals surface area contributed by atoms with Crippen LogP contribution in [0.3, 0.4) is 0 Å². The van der Waals surface area contributed by atoms with Crippen LogP contribution in [0.4, 0.5) is 0 Å². The van der Waals surface area contributed by atoms with Crippen molar-refractivity contribution in [3.8, 4) is 0 Å². The minimum absolute atomic E-state index is 0.948. The van der Waals surface area contributed by atoms with Gasteiger partial charge in [-0.3, -0.25) is 0 Å². The van der Waals surface area contributed by atoms with Crippen molar-refractivity contribution in [2.24, 2.45) is 5.92 Å². The second-order valence-corrected chi connectivity index (χ2v) is 4.39. The summed E-state index contributed by atoms with van der Waals surface area (Å²) in [6.45, 7) is 8.36. The Bertz CT molecular complexity index is 323. The van der Waals surface area contributed by atoms with Crippen LogP contribution in [0.5, 0.6) is 0 Å². The van der Waals surface area contributed by atoms with Crippen LogP contribution >= 0.6 is 0 Å². The van der Waals surface area contributed by atoms with Crippen LogP contribution in [0.1, 0.15) is 35.5 Å². The van der Waals surface area contributed by atoms with Gasteiger partial charge in [-0.2, -0.15) is 0 Å². The van der Waals surface area contributed by atoms with Crippen molar-refractivity contribution in [2.45, 2.75) is 40.2 Å². The lowest BCUT2D eigenvalue weighted by atomic mass is 10.1. The SMILES string of the molecule is Cc1oc(C)c(CNCC2CC2)c1C. The summed E-state index contributed by atoms with van der Waals surface area (Å²) in [6.07, 6.45) is 2.82. The average Bonchev–Trinajstić information content (AvgIpc) is 2.90. The van der Waals surface area contributed by atoms with Crippen molar-refractivity contribution in [2.75, 3.05) is 6.54 Å². The van der Waals surface area contributed by atoms with E-state index in [-0.39, 0.29) is 0 Å². The molecule has 0 spiro atoms. The van der Waals surface area contributed by atoms with Gasteiger partial charge >= 0.3 is 0 Å². The molecule has 1 aromatic rings. The maximum absolute atomic E-state index is 5.58. The second kappa shape index (κ2) is 3.77. The molecular formula is C12H19NO. The van der Waals surface area contributed by atoms with Gasteiger partial charge in [-0.15, -0.1) is 0 Å². The van der Waals surface area contributed by atoms with Crippen LogP contribution in [0.25, 0.3) is 0 Å². The van der Waals surface area contributed by atoms with Crippen LogP contribution in [0, 0.1) is 26.7 Å². The van der Waals surface area contributed by atoms with Crippen molar-refractivity contribution in [1.29, 1.82) is 0 Å². The fraction of sp³-hybridized carbons (Fsp3) is 0.667. The Morgan fingerprint density at radius 3 is 2.43 bits per heavy atom. The smallest absolute Gasteiger partial charge is 0.105 e. The number of rotatable bonds is 4. The summed E-state index contributed by atoms with van der Waals surface area (Å²) in [4.78, 5) is 0. The van der Waals surface area contributed by atoms with Gasteiger partial charge in [-0.25, -0.2) is 0 Å². The van der Waals surface area contributed by atoms with Crippen molar-refractivity contribution in [3.05, 3.63) is 22.6 Å². The first-order valence-electron chi connectivity index (χ1n) is 5.44. The fourth-order valence-corrected chi connectivity index (χ4v) is 1.82. The zero-order valence-corrected chi connectivity index (χ0v) is 9.31. The number of aryl methyl sites for hydroxylation is 2. The third-order valence-electron chi connectivity index (χ3n) is 3.14. The van der Waals surface area contributed by atoms with E-state index in [1.807, 2.05) is 13.8 Å². The van der Waals surface area contributed by atoms with Crippen LogP contribution in [-0.2, 0) is 6.54 Å². The van der Waals surface area contributed by atoms with E-state index >= 15 is 0 Å². The molecule has 0 saturated heterocycles. The average molecular weight is 193 g/mol. The highest BCUT2D eigenvalue weighted by atomic mass is 16.3. The van der Waals surface area contributed by atoms with Gasteiger partial charge in [0.1, 0.15) is 11.5 Å². The highest BCUT2D eigenvalue weighted by molar-refractivity contribution is 5.31. The molecule has 1 aliphatic rings.